The highest BCUT2D eigenvalue weighted by Gasteiger charge is 2.18. The molecule has 3 aromatic rings. The van der Waals surface area contributed by atoms with E-state index in [1.807, 2.05) is 24.4 Å². The number of allylic oxidation sites excluding steroid dienone is 1. The van der Waals surface area contributed by atoms with Gasteiger partial charge in [0.05, 0.1) is 5.69 Å². The minimum Gasteiger partial charge on any atom is -0.314 e. The molecule has 0 spiro atoms. The van der Waals surface area contributed by atoms with E-state index < -0.39 is 0 Å². The number of hydrogen-bond donors (Lipinski definition) is 1. The number of rotatable bonds is 4. The van der Waals surface area contributed by atoms with Crippen LogP contribution in [-0.2, 0) is 13.0 Å². The number of nitrogens with zero attached hydrogens (tertiary/aromatic N) is 2. The monoisotopic (exact) mass is 401 g/mol. The lowest BCUT2D eigenvalue weighted by molar-refractivity contribution is 0.233. The number of fused-ring (bicyclic) bond motifs is 1. The molecule has 0 bridgehead atoms. The third-order valence-electron chi connectivity index (χ3n) is 5.80. The highest BCUT2D eigenvalue weighted by atomic mass is 35.5. The van der Waals surface area contributed by atoms with Gasteiger partial charge in [0.2, 0.25) is 0 Å². The lowest BCUT2D eigenvalue weighted by Crippen LogP contribution is -2.42. The van der Waals surface area contributed by atoms with Crippen LogP contribution in [0.25, 0.3) is 16.7 Å². The molecule has 5 rings (SSSR count). The Morgan fingerprint density at radius 1 is 0.931 bits per heavy atom. The standard InChI is InChI=1S/C25H24ClN3/c26-22-3-1-2-20(14-22)23-8-9-25-24(23)15-21(16-28-25)19-6-4-18(5-7-19)17-29-12-10-27-11-13-29/h1-8,14-16,27H,9-13,17H2. The van der Waals surface area contributed by atoms with Gasteiger partial charge in [-0.3, -0.25) is 9.88 Å². The van der Waals surface area contributed by atoms with E-state index in [0.717, 1.165) is 61.0 Å². The molecule has 1 aliphatic heterocycles. The van der Waals surface area contributed by atoms with E-state index in [4.69, 9.17) is 16.6 Å². The summed E-state index contributed by atoms with van der Waals surface area (Å²) in [6.07, 6.45) is 5.13. The fourth-order valence-corrected chi connectivity index (χ4v) is 4.41. The van der Waals surface area contributed by atoms with E-state index >= 15 is 0 Å². The second-order valence-corrected chi connectivity index (χ2v) is 8.21. The normalized spacial score (nSPS) is 16.5. The highest BCUT2D eigenvalue weighted by molar-refractivity contribution is 6.30. The number of benzene rings is 2. The molecular formula is C25H24ClN3. The van der Waals surface area contributed by atoms with E-state index in [1.54, 1.807) is 0 Å². The Hall–Kier alpha value is -2.46. The molecule has 0 saturated carbocycles. The van der Waals surface area contributed by atoms with Gasteiger partial charge in [-0.15, -0.1) is 0 Å². The van der Waals surface area contributed by atoms with Crippen molar-refractivity contribution >= 4 is 17.2 Å². The predicted octanol–water partition coefficient (Wildman–Crippen LogP) is 4.80. The summed E-state index contributed by atoms with van der Waals surface area (Å²) >= 11 is 6.21. The summed E-state index contributed by atoms with van der Waals surface area (Å²) in [6, 6.07) is 19.3. The van der Waals surface area contributed by atoms with Gasteiger partial charge in [-0.2, -0.15) is 0 Å². The summed E-state index contributed by atoms with van der Waals surface area (Å²) < 4.78 is 0. The average molecular weight is 402 g/mol. The van der Waals surface area contributed by atoms with Gasteiger partial charge in [-0.1, -0.05) is 54.1 Å². The van der Waals surface area contributed by atoms with Crippen LogP contribution in [0.2, 0.25) is 5.02 Å². The van der Waals surface area contributed by atoms with Crippen LogP contribution in [0.1, 0.15) is 22.4 Å². The van der Waals surface area contributed by atoms with Crippen LogP contribution in [0.5, 0.6) is 0 Å². The maximum Gasteiger partial charge on any atom is 0.0520 e. The fraction of sp³-hybridized carbons (Fsp3) is 0.240. The minimum atomic E-state index is 0.765. The number of halogens is 1. The minimum absolute atomic E-state index is 0.765. The first kappa shape index (κ1) is 18.6. The maximum absolute atomic E-state index is 6.21. The summed E-state index contributed by atoms with van der Waals surface area (Å²) in [7, 11) is 0. The molecule has 29 heavy (non-hydrogen) atoms. The van der Waals surface area contributed by atoms with Crippen molar-refractivity contribution in [2.24, 2.45) is 0 Å². The first-order chi connectivity index (χ1) is 14.3. The second-order valence-electron chi connectivity index (χ2n) is 7.77. The SMILES string of the molecule is Clc1cccc(C2=CCc3ncc(-c4ccc(CN5CCNCC5)cc4)cc32)c1. The van der Waals surface area contributed by atoms with Gasteiger partial charge in [0.25, 0.3) is 0 Å². The number of aromatic nitrogens is 1. The summed E-state index contributed by atoms with van der Waals surface area (Å²) in [5.41, 5.74) is 8.47. The summed E-state index contributed by atoms with van der Waals surface area (Å²) in [5, 5.41) is 4.17. The first-order valence-corrected chi connectivity index (χ1v) is 10.6. The topological polar surface area (TPSA) is 28.2 Å². The lowest BCUT2D eigenvalue weighted by atomic mass is 9.97. The molecule has 1 saturated heterocycles. The summed E-state index contributed by atoms with van der Waals surface area (Å²) in [4.78, 5) is 7.25. The molecule has 0 atom stereocenters. The molecular weight excluding hydrogens is 378 g/mol. The quantitative estimate of drug-likeness (QED) is 0.680. The smallest absolute Gasteiger partial charge is 0.0520 e. The van der Waals surface area contributed by atoms with Crippen LogP contribution in [0.4, 0.5) is 0 Å². The number of hydrogen-bond acceptors (Lipinski definition) is 3. The van der Waals surface area contributed by atoms with Gasteiger partial charge < -0.3 is 5.32 Å². The molecule has 2 aromatic carbocycles. The zero-order chi connectivity index (χ0) is 19.6. The number of nitrogens with one attached hydrogen (secondary N) is 1. The van der Waals surface area contributed by atoms with Gasteiger partial charge in [-0.05, 0) is 40.5 Å². The lowest BCUT2D eigenvalue weighted by Gasteiger charge is -2.27. The zero-order valence-electron chi connectivity index (χ0n) is 16.4. The summed E-state index contributed by atoms with van der Waals surface area (Å²) in [5.74, 6) is 0. The van der Waals surface area contributed by atoms with E-state index in [1.165, 1.54) is 22.3 Å². The molecule has 2 heterocycles. The number of pyridine rings is 1. The Morgan fingerprint density at radius 2 is 1.76 bits per heavy atom. The van der Waals surface area contributed by atoms with Crippen molar-refractivity contribution in [3.63, 3.8) is 0 Å². The fourth-order valence-electron chi connectivity index (χ4n) is 4.21. The van der Waals surface area contributed by atoms with E-state index in [0.29, 0.717) is 0 Å². The van der Waals surface area contributed by atoms with Crippen LogP contribution in [-0.4, -0.2) is 36.1 Å². The third kappa shape index (κ3) is 3.99. The Kier molecular flexibility index (Phi) is 5.19. The third-order valence-corrected chi connectivity index (χ3v) is 6.03. The molecule has 3 nitrogen and oxygen atoms in total. The van der Waals surface area contributed by atoms with Crippen molar-refractivity contribution in [3.8, 4) is 11.1 Å². The molecule has 1 N–H and O–H groups in total. The van der Waals surface area contributed by atoms with Gasteiger partial charge in [0.1, 0.15) is 0 Å². The van der Waals surface area contributed by atoms with Crippen molar-refractivity contribution in [1.29, 1.82) is 0 Å². The average Bonchev–Trinajstić information content (AvgIpc) is 3.18. The van der Waals surface area contributed by atoms with Crippen LogP contribution in [0, 0.1) is 0 Å². The van der Waals surface area contributed by atoms with Crippen LogP contribution in [0.3, 0.4) is 0 Å². The second kappa shape index (κ2) is 8.11. The molecule has 1 aromatic heterocycles. The Labute approximate surface area is 177 Å². The highest BCUT2D eigenvalue weighted by Crippen LogP contribution is 2.35. The van der Waals surface area contributed by atoms with Gasteiger partial charge >= 0.3 is 0 Å². The van der Waals surface area contributed by atoms with Crippen LogP contribution in [0.15, 0.2) is 66.9 Å². The Balaban J connectivity index is 1.38. The molecule has 2 aliphatic rings. The van der Waals surface area contributed by atoms with Gasteiger partial charge in [0.15, 0.2) is 0 Å². The zero-order valence-corrected chi connectivity index (χ0v) is 17.1. The molecule has 0 amide bonds. The number of piperazine rings is 1. The van der Waals surface area contributed by atoms with E-state index in [-0.39, 0.29) is 0 Å². The van der Waals surface area contributed by atoms with E-state index in [2.05, 4.69) is 52.7 Å². The molecule has 1 fully saturated rings. The molecule has 1 aliphatic carbocycles. The van der Waals surface area contributed by atoms with E-state index in [9.17, 15) is 0 Å². The van der Waals surface area contributed by atoms with Crippen LogP contribution >= 0.6 is 11.6 Å². The molecule has 0 unspecified atom stereocenters. The van der Waals surface area contributed by atoms with Crippen molar-refractivity contribution in [2.75, 3.05) is 26.2 Å². The van der Waals surface area contributed by atoms with Crippen molar-refractivity contribution in [1.82, 2.24) is 15.2 Å². The van der Waals surface area contributed by atoms with Crippen molar-refractivity contribution < 1.29 is 0 Å². The predicted molar refractivity (Wildman–Crippen MR) is 120 cm³/mol. The Bertz CT molecular complexity index is 1050. The van der Waals surface area contributed by atoms with Gasteiger partial charge in [-0.25, -0.2) is 0 Å². The maximum atomic E-state index is 6.21. The van der Waals surface area contributed by atoms with Crippen molar-refractivity contribution in [2.45, 2.75) is 13.0 Å². The molecule has 146 valence electrons. The van der Waals surface area contributed by atoms with Crippen LogP contribution < -0.4 is 5.32 Å². The Morgan fingerprint density at radius 3 is 2.55 bits per heavy atom. The van der Waals surface area contributed by atoms with Gasteiger partial charge in [0, 0.05) is 61.5 Å². The first-order valence-electron chi connectivity index (χ1n) is 10.2. The van der Waals surface area contributed by atoms with Crippen molar-refractivity contribution in [3.05, 3.63) is 94.3 Å². The largest absolute Gasteiger partial charge is 0.314 e. The molecule has 0 radical (unpaired) electrons. The molecule has 4 heteroatoms. The summed E-state index contributed by atoms with van der Waals surface area (Å²) in [6.45, 7) is 5.43.